The Morgan fingerprint density at radius 2 is 1.78 bits per heavy atom. The van der Waals surface area contributed by atoms with Crippen LogP contribution in [0.25, 0.3) is 0 Å². The summed E-state index contributed by atoms with van der Waals surface area (Å²) in [5.41, 5.74) is -0.612. The number of hydrogen-bond acceptors (Lipinski definition) is 3. The van der Waals surface area contributed by atoms with Crippen LogP contribution in [0.15, 0.2) is 18.2 Å². The molecule has 18 heavy (non-hydrogen) atoms. The zero-order valence-corrected chi connectivity index (χ0v) is 9.04. The molecule has 0 aliphatic carbocycles. The van der Waals surface area contributed by atoms with Crippen LogP contribution in [0.2, 0.25) is 0 Å². The minimum absolute atomic E-state index is 0.159. The molecule has 1 N–H and O–H groups in total. The number of aliphatic hydroxyl groups is 1. The van der Waals surface area contributed by atoms with Crippen molar-refractivity contribution in [1.29, 1.82) is 0 Å². The first-order valence-electron chi connectivity index (χ1n) is 4.63. The van der Waals surface area contributed by atoms with E-state index in [0.29, 0.717) is 6.07 Å². The van der Waals surface area contributed by atoms with E-state index in [9.17, 15) is 22.0 Å². The molecule has 0 bridgehead atoms. The molecule has 0 heterocycles. The summed E-state index contributed by atoms with van der Waals surface area (Å²) in [5, 5.41) is 8.97. The van der Waals surface area contributed by atoms with Crippen molar-refractivity contribution in [2.45, 2.75) is 18.9 Å². The average Bonchev–Trinajstić information content (AvgIpc) is 2.26. The molecule has 0 spiro atoms. The van der Waals surface area contributed by atoms with E-state index in [-0.39, 0.29) is 5.75 Å². The molecular formula is C10H9F5O3. The molecule has 1 atom stereocenters. The summed E-state index contributed by atoms with van der Waals surface area (Å²) in [7, 11) is 1.15. The van der Waals surface area contributed by atoms with Crippen molar-refractivity contribution in [3.05, 3.63) is 23.8 Å². The molecule has 1 aromatic rings. The predicted molar refractivity (Wildman–Crippen MR) is 50.6 cm³/mol. The lowest BCUT2D eigenvalue weighted by atomic mass is 10.1. The summed E-state index contributed by atoms with van der Waals surface area (Å²) >= 11 is 0. The predicted octanol–water partition coefficient (Wildman–Crippen LogP) is 2.89. The number of rotatable bonds is 4. The molecule has 1 aromatic carbocycles. The minimum Gasteiger partial charge on any atom is -0.493 e. The van der Waals surface area contributed by atoms with E-state index < -0.39 is 30.2 Å². The smallest absolute Gasteiger partial charge is 0.418 e. The topological polar surface area (TPSA) is 38.7 Å². The van der Waals surface area contributed by atoms with Crippen molar-refractivity contribution in [3.63, 3.8) is 0 Å². The summed E-state index contributed by atoms with van der Waals surface area (Å²) in [6, 6.07) is 2.57. The van der Waals surface area contributed by atoms with Gasteiger partial charge in [-0.3, -0.25) is 0 Å². The third-order valence-corrected chi connectivity index (χ3v) is 2.03. The highest BCUT2D eigenvalue weighted by Crippen LogP contribution is 2.37. The molecule has 102 valence electrons. The highest BCUT2D eigenvalue weighted by Gasteiger charge is 2.39. The Morgan fingerprint density at radius 3 is 2.22 bits per heavy atom. The minimum atomic E-state index is -4.89. The third-order valence-electron chi connectivity index (χ3n) is 2.03. The second-order valence-corrected chi connectivity index (χ2v) is 3.23. The van der Waals surface area contributed by atoms with Crippen molar-refractivity contribution in [3.8, 4) is 11.5 Å². The fourth-order valence-electron chi connectivity index (χ4n) is 1.24. The van der Waals surface area contributed by atoms with Gasteiger partial charge in [0.2, 0.25) is 0 Å². The summed E-state index contributed by atoms with van der Waals surface area (Å²) < 4.78 is 69.5. The van der Waals surface area contributed by atoms with Crippen LogP contribution in [0, 0.1) is 0 Å². The molecule has 8 heteroatoms. The molecule has 1 unspecified atom stereocenters. The van der Waals surface area contributed by atoms with Gasteiger partial charge in [-0.25, -0.2) is 0 Å². The van der Waals surface area contributed by atoms with Crippen molar-refractivity contribution >= 4 is 0 Å². The number of ether oxygens (including phenoxy) is 2. The second kappa shape index (κ2) is 5.38. The summed E-state index contributed by atoms with van der Waals surface area (Å²) in [6.07, 6.45) is -7.67. The number of alkyl halides is 5. The first kappa shape index (κ1) is 14.5. The van der Waals surface area contributed by atoms with Gasteiger partial charge >= 0.3 is 12.8 Å². The van der Waals surface area contributed by atoms with Crippen molar-refractivity contribution in [2.75, 3.05) is 7.11 Å². The van der Waals surface area contributed by atoms with Crippen molar-refractivity contribution in [2.24, 2.45) is 0 Å². The van der Waals surface area contributed by atoms with E-state index in [1.165, 1.54) is 0 Å². The lowest BCUT2D eigenvalue weighted by Gasteiger charge is -2.17. The lowest BCUT2D eigenvalue weighted by molar-refractivity contribution is -0.206. The third kappa shape index (κ3) is 3.46. The maximum Gasteiger partial charge on any atom is 0.418 e. The van der Waals surface area contributed by atoms with Gasteiger partial charge < -0.3 is 14.6 Å². The Balaban J connectivity index is 3.10. The van der Waals surface area contributed by atoms with Crippen LogP contribution in [0.5, 0.6) is 11.5 Å². The van der Waals surface area contributed by atoms with E-state index in [4.69, 9.17) is 5.11 Å². The van der Waals surface area contributed by atoms with Gasteiger partial charge in [-0.15, -0.1) is 0 Å². The molecule has 0 amide bonds. The van der Waals surface area contributed by atoms with Crippen LogP contribution in [0.1, 0.15) is 11.7 Å². The van der Waals surface area contributed by atoms with Crippen LogP contribution >= 0.6 is 0 Å². The summed E-state index contributed by atoms with van der Waals surface area (Å²) in [6.45, 7) is -3.21. The fraction of sp³-hybridized carbons (Fsp3) is 0.400. The second-order valence-electron chi connectivity index (χ2n) is 3.23. The van der Waals surface area contributed by atoms with Crippen LogP contribution in [-0.4, -0.2) is 25.0 Å². The molecule has 0 aromatic heterocycles. The van der Waals surface area contributed by atoms with Gasteiger partial charge in [0.25, 0.3) is 0 Å². The van der Waals surface area contributed by atoms with Crippen molar-refractivity contribution < 1.29 is 36.5 Å². The molecule has 0 aliphatic heterocycles. The average molecular weight is 272 g/mol. The Morgan fingerprint density at radius 1 is 1.17 bits per heavy atom. The van der Waals surface area contributed by atoms with Gasteiger partial charge in [-0.1, -0.05) is 6.07 Å². The van der Waals surface area contributed by atoms with Gasteiger partial charge in [0.15, 0.2) is 17.6 Å². The number of aliphatic hydroxyl groups excluding tert-OH is 1. The van der Waals surface area contributed by atoms with E-state index >= 15 is 0 Å². The first-order valence-corrected chi connectivity index (χ1v) is 4.63. The normalized spacial score (nSPS) is 13.6. The zero-order chi connectivity index (χ0) is 13.9. The molecular weight excluding hydrogens is 263 g/mol. The maximum atomic E-state index is 12.2. The van der Waals surface area contributed by atoms with Gasteiger partial charge in [0, 0.05) is 0 Å². The molecule has 3 nitrogen and oxygen atoms in total. The number of methoxy groups -OCH3 is 1. The largest absolute Gasteiger partial charge is 0.493 e. The van der Waals surface area contributed by atoms with Crippen LogP contribution in [0.4, 0.5) is 22.0 Å². The number of benzene rings is 1. The lowest BCUT2D eigenvalue weighted by Crippen LogP contribution is -2.20. The van der Waals surface area contributed by atoms with Gasteiger partial charge in [0.05, 0.1) is 7.11 Å². The van der Waals surface area contributed by atoms with Crippen LogP contribution in [-0.2, 0) is 0 Å². The Kier molecular flexibility index (Phi) is 4.33. The maximum absolute atomic E-state index is 12.2. The van der Waals surface area contributed by atoms with Gasteiger partial charge in [0.1, 0.15) is 0 Å². The Hall–Kier alpha value is -1.57. The van der Waals surface area contributed by atoms with Crippen LogP contribution < -0.4 is 9.47 Å². The summed E-state index contributed by atoms with van der Waals surface area (Å²) in [4.78, 5) is 0. The quantitative estimate of drug-likeness (QED) is 0.856. The van der Waals surface area contributed by atoms with Gasteiger partial charge in [-0.05, 0) is 17.7 Å². The SMILES string of the molecule is COc1ccc(C(O)C(F)(F)F)cc1OC(F)F. The number of halogens is 5. The van der Waals surface area contributed by atoms with Gasteiger partial charge in [-0.2, -0.15) is 22.0 Å². The van der Waals surface area contributed by atoms with Crippen molar-refractivity contribution in [1.82, 2.24) is 0 Å². The fourth-order valence-corrected chi connectivity index (χ4v) is 1.24. The number of hydrogen-bond donors (Lipinski definition) is 1. The highest BCUT2D eigenvalue weighted by molar-refractivity contribution is 5.43. The molecule has 0 saturated carbocycles. The van der Waals surface area contributed by atoms with E-state index in [2.05, 4.69) is 9.47 Å². The molecule has 0 aliphatic rings. The molecule has 1 rings (SSSR count). The standard InChI is InChI=1S/C10H9F5O3/c1-17-6-3-2-5(8(16)10(13,14)15)4-7(6)18-9(11)12/h2-4,8-9,16H,1H3. The van der Waals surface area contributed by atoms with E-state index in [1.54, 1.807) is 0 Å². The molecule has 0 saturated heterocycles. The highest BCUT2D eigenvalue weighted by atomic mass is 19.4. The van der Waals surface area contributed by atoms with E-state index in [1.807, 2.05) is 0 Å². The van der Waals surface area contributed by atoms with Crippen LogP contribution in [0.3, 0.4) is 0 Å². The Labute approximate surface area is 98.7 Å². The first-order chi connectivity index (χ1) is 8.25. The zero-order valence-electron chi connectivity index (χ0n) is 9.04. The van der Waals surface area contributed by atoms with E-state index in [0.717, 1.165) is 19.2 Å². The molecule has 0 fully saturated rings. The summed E-state index contributed by atoms with van der Waals surface area (Å²) in [5.74, 6) is -0.735. The monoisotopic (exact) mass is 272 g/mol. The Bertz CT molecular complexity index is 405. The molecule has 0 radical (unpaired) electrons.